The molecule has 1 aromatic carbocycles. The highest BCUT2D eigenvalue weighted by Crippen LogP contribution is 2.20. The van der Waals surface area contributed by atoms with Gasteiger partial charge in [-0.05, 0) is 23.7 Å². The van der Waals surface area contributed by atoms with Gasteiger partial charge in [-0.25, -0.2) is 14.4 Å². The van der Waals surface area contributed by atoms with Gasteiger partial charge in [-0.15, -0.1) is 0 Å². The van der Waals surface area contributed by atoms with E-state index >= 15 is 0 Å². The fourth-order valence-corrected chi connectivity index (χ4v) is 1.12. The summed E-state index contributed by atoms with van der Waals surface area (Å²) in [6.45, 7) is 0. The van der Waals surface area contributed by atoms with Crippen LogP contribution in [0.4, 0.5) is 4.39 Å². The third kappa shape index (κ3) is 2.63. The number of rotatable bonds is 2. The molecule has 0 atom stereocenters. The van der Waals surface area contributed by atoms with Crippen LogP contribution in [0.2, 0.25) is 5.28 Å². The molecule has 0 saturated carbocycles. The lowest BCUT2D eigenvalue weighted by Crippen LogP contribution is -1.88. The largest absolute Gasteiger partial charge is 0.454 e. The van der Waals surface area contributed by atoms with Crippen molar-refractivity contribution in [3.63, 3.8) is 0 Å². The summed E-state index contributed by atoms with van der Waals surface area (Å²) in [4.78, 5) is 7.47. The number of benzene rings is 1. The van der Waals surface area contributed by atoms with Crippen molar-refractivity contribution in [3.8, 4) is 11.5 Å². The van der Waals surface area contributed by atoms with Gasteiger partial charge in [0.05, 0.1) is 12.4 Å². The van der Waals surface area contributed by atoms with Gasteiger partial charge in [0.1, 0.15) is 11.6 Å². The highest BCUT2D eigenvalue weighted by molar-refractivity contribution is 6.28. The van der Waals surface area contributed by atoms with Gasteiger partial charge in [-0.2, -0.15) is 0 Å². The third-order valence-electron chi connectivity index (χ3n) is 1.63. The molecule has 2 rings (SSSR count). The molecule has 0 spiro atoms. The van der Waals surface area contributed by atoms with Crippen molar-refractivity contribution in [3.05, 3.63) is 47.8 Å². The highest BCUT2D eigenvalue weighted by Gasteiger charge is 1.99. The molecule has 76 valence electrons. The summed E-state index contributed by atoms with van der Waals surface area (Å²) in [5.41, 5.74) is 0. The van der Waals surface area contributed by atoms with E-state index in [4.69, 9.17) is 16.3 Å². The van der Waals surface area contributed by atoms with E-state index in [1.807, 2.05) is 0 Å². The van der Waals surface area contributed by atoms with E-state index in [2.05, 4.69) is 9.97 Å². The van der Waals surface area contributed by atoms with Gasteiger partial charge in [-0.3, -0.25) is 0 Å². The molecular weight excluding hydrogens is 219 g/mol. The summed E-state index contributed by atoms with van der Waals surface area (Å²) in [5, 5.41) is 0.140. The minimum absolute atomic E-state index is 0.140. The van der Waals surface area contributed by atoms with Gasteiger partial charge < -0.3 is 4.74 Å². The van der Waals surface area contributed by atoms with E-state index in [-0.39, 0.29) is 11.1 Å². The van der Waals surface area contributed by atoms with Gasteiger partial charge in [0.2, 0.25) is 5.28 Å². The third-order valence-corrected chi connectivity index (χ3v) is 1.82. The first-order chi connectivity index (χ1) is 7.24. The van der Waals surface area contributed by atoms with Crippen molar-refractivity contribution in [2.45, 2.75) is 0 Å². The first-order valence-corrected chi connectivity index (χ1v) is 4.53. The van der Waals surface area contributed by atoms with Gasteiger partial charge >= 0.3 is 0 Å². The van der Waals surface area contributed by atoms with Crippen LogP contribution in [-0.2, 0) is 0 Å². The standard InChI is InChI=1S/C10H6ClFN2O/c11-10-13-5-9(6-14-10)15-8-3-1-2-7(12)4-8/h1-6H. The number of aromatic nitrogens is 2. The van der Waals surface area contributed by atoms with Gasteiger partial charge in [0, 0.05) is 6.07 Å². The van der Waals surface area contributed by atoms with Crippen molar-refractivity contribution < 1.29 is 9.13 Å². The Labute approximate surface area is 90.5 Å². The van der Waals surface area contributed by atoms with E-state index < -0.39 is 0 Å². The van der Waals surface area contributed by atoms with Crippen LogP contribution in [0.15, 0.2) is 36.7 Å². The molecule has 0 amide bonds. The Kier molecular flexibility index (Phi) is 2.78. The summed E-state index contributed by atoms with van der Waals surface area (Å²) in [6.07, 6.45) is 2.83. The normalized spacial score (nSPS) is 10.0. The topological polar surface area (TPSA) is 35.0 Å². The summed E-state index contributed by atoms with van der Waals surface area (Å²) in [5.74, 6) is 0.438. The maximum atomic E-state index is 12.8. The van der Waals surface area contributed by atoms with Crippen LogP contribution in [0.1, 0.15) is 0 Å². The maximum absolute atomic E-state index is 12.8. The van der Waals surface area contributed by atoms with E-state index in [1.54, 1.807) is 12.1 Å². The van der Waals surface area contributed by atoms with Crippen molar-refractivity contribution in [1.29, 1.82) is 0 Å². The lowest BCUT2D eigenvalue weighted by Gasteiger charge is -2.03. The number of hydrogen-bond donors (Lipinski definition) is 0. The SMILES string of the molecule is Fc1cccc(Oc2cnc(Cl)nc2)c1. The molecule has 0 saturated heterocycles. The van der Waals surface area contributed by atoms with Crippen LogP contribution >= 0.6 is 11.6 Å². The lowest BCUT2D eigenvalue weighted by atomic mass is 10.3. The van der Waals surface area contributed by atoms with E-state index in [9.17, 15) is 4.39 Å². The highest BCUT2D eigenvalue weighted by atomic mass is 35.5. The molecule has 0 aliphatic carbocycles. The Morgan fingerprint density at radius 1 is 1.13 bits per heavy atom. The fraction of sp³-hybridized carbons (Fsp3) is 0. The summed E-state index contributed by atoms with van der Waals surface area (Å²) < 4.78 is 18.1. The van der Waals surface area contributed by atoms with E-state index in [1.165, 1.54) is 24.5 Å². The van der Waals surface area contributed by atoms with Crippen LogP contribution in [0.3, 0.4) is 0 Å². The molecule has 0 bridgehead atoms. The molecule has 15 heavy (non-hydrogen) atoms. The first kappa shape index (κ1) is 9.86. The van der Waals surface area contributed by atoms with Crippen molar-refractivity contribution in [1.82, 2.24) is 9.97 Å². The molecule has 0 N–H and O–H groups in total. The predicted octanol–water partition coefficient (Wildman–Crippen LogP) is 3.06. The van der Waals surface area contributed by atoms with Crippen LogP contribution in [0, 0.1) is 5.82 Å². The second-order valence-corrected chi connectivity index (χ2v) is 3.09. The molecule has 0 unspecified atom stereocenters. The Balaban J connectivity index is 2.18. The molecule has 1 heterocycles. The number of nitrogens with zero attached hydrogens (tertiary/aromatic N) is 2. The average molecular weight is 225 g/mol. The van der Waals surface area contributed by atoms with Crippen molar-refractivity contribution in [2.75, 3.05) is 0 Å². The van der Waals surface area contributed by atoms with E-state index in [0.717, 1.165) is 0 Å². The molecule has 0 aliphatic rings. The van der Waals surface area contributed by atoms with Gasteiger partial charge in [0.15, 0.2) is 5.75 Å². The minimum Gasteiger partial charge on any atom is -0.454 e. The molecule has 0 radical (unpaired) electrons. The number of hydrogen-bond acceptors (Lipinski definition) is 3. The molecular formula is C10H6ClFN2O. The minimum atomic E-state index is -0.359. The zero-order valence-electron chi connectivity index (χ0n) is 7.52. The van der Waals surface area contributed by atoms with Gasteiger partial charge in [0.25, 0.3) is 0 Å². The monoisotopic (exact) mass is 224 g/mol. The Bertz CT molecular complexity index is 461. The molecule has 3 nitrogen and oxygen atoms in total. The van der Waals surface area contributed by atoms with Crippen LogP contribution in [-0.4, -0.2) is 9.97 Å². The second kappa shape index (κ2) is 4.23. The average Bonchev–Trinajstić information content (AvgIpc) is 2.22. The quantitative estimate of drug-likeness (QED) is 0.736. The molecule has 1 aromatic heterocycles. The summed E-state index contributed by atoms with van der Waals surface area (Å²) >= 11 is 5.50. The second-order valence-electron chi connectivity index (χ2n) is 2.75. The predicted molar refractivity (Wildman–Crippen MR) is 53.5 cm³/mol. The molecule has 0 fully saturated rings. The number of halogens is 2. The smallest absolute Gasteiger partial charge is 0.222 e. The zero-order chi connectivity index (χ0) is 10.7. The van der Waals surface area contributed by atoms with Crippen molar-refractivity contribution >= 4 is 11.6 Å². The Morgan fingerprint density at radius 3 is 2.53 bits per heavy atom. The molecule has 2 aromatic rings. The van der Waals surface area contributed by atoms with Crippen molar-refractivity contribution in [2.24, 2.45) is 0 Å². The molecule has 5 heteroatoms. The first-order valence-electron chi connectivity index (χ1n) is 4.15. The van der Waals surface area contributed by atoms with Crippen LogP contribution < -0.4 is 4.74 Å². The Hall–Kier alpha value is -1.68. The maximum Gasteiger partial charge on any atom is 0.222 e. The lowest BCUT2D eigenvalue weighted by molar-refractivity contribution is 0.472. The van der Waals surface area contributed by atoms with Gasteiger partial charge in [-0.1, -0.05) is 6.07 Å². The summed E-state index contributed by atoms with van der Waals surface area (Å²) in [6, 6.07) is 5.80. The summed E-state index contributed by atoms with van der Waals surface area (Å²) in [7, 11) is 0. The van der Waals surface area contributed by atoms with Crippen LogP contribution in [0.25, 0.3) is 0 Å². The van der Waals surface area contributed by atoms with E-state index in [0.29, 0.717) is 11.5 Å². The Morgan fingerprint density at radius 2 is 1.87 bits per heavy atom. The number of ether oxygens (including phenoxy) is 1. The molecule has 0 aliphatic heterocycles. The zero-order valence-corrected chi connectivity index (χ0v) is 8.28. The fourth-order valence-electron chi connectivity index (χ4n) is 1.02. The van der Waals surface area contributed by atoms with Crippen LogP contribution in [0.5, 0.6) is 11.5 Å².